The average molecular weight is 329 g/mol. The van der Waals surface area contributed by atoms with Crippen LogP contribution in [-0.2, 0) is 0 Å². The van der Waals surface area contributed by atoms with Crippen molar-refractivity contribution in [3.63, 3.8) is 0 Å². The van der Waals surface area contributed by atoms with Gasteiger partial charge < -0.3 is 5.11 Å². The number of hydrogen-bond acceptors (Lipinski definition) is 1. The smallest absolute Gasteiger partial charge is 0.100 e. The number of unbranched alkanes of at least 4 members (excludes halogenated alkanes) is 5. The summed E-state index contributed by atoms with van der Waals surface area (Å²) in [4.78, 5) is 0. The Balaban J connectivity index is 2.93. The first-order valence-corrected chi connectivity index (χ1v) is 9.78. The van der Waals surface area contributed by atoms with E-state index >= 15 is 0 Å². The Kier molecular flexibility index (Phi) is 11.2. The van der Waals surface area contributed by atoms with E-state index in [1.165, 1.54) is 44.1 Å². The molecule has 1 heteroatoms. The molecule has 134 valence electrons. The van der Waals surface area contributed by atoms with Crippen molar-refractivity contribution in [2.45, 2.75) is 77.7 Å². The fraction of sp³-hybridized carbons (Fsp3) is 0.565. The van der Waals surface area contributed by atoms with E-state index in [9.17, 15) is 5.11 Å². The van der Waals surface area contributed by atoms with Crippen LogP contribution in [0.5, 0.6) is 0 Å². The van der Waals surface area contributed by atoms with E-state index in [2.05, 4.69) is 26.5 Å². The summed E-state index contributed by atoms with van der Waals surface area (Å²) in [6.45, 7) is 8.41. The molecule has 24 heavy (non-hydrogen) atoms. The maximum atomic E-state index is 11.0. The lowest BCUT2D eigenvalue weighted by molar-refractivity contribution is 0.197. The van der Waals surface area contributed by atoms with E-state index < -0.39 is 6.10 Å². The molecule has 0 radical (unpaired) electrons. The SMILES string of the molecule is C=CCC(CCCCC)/C(=C\CCCCC)C(O)c1ccccc1. The normalized spacial score (nSPS) is 14.4. The van der Waals surface area contributed by atoms with Gasteiger partial charge in [-0.15, -0.1) is 6.58 Å². The molecule has 0 aromatic heterocycles. The first-order chi connectivity index (χ1) is 11.7. The summed E-state index contributed by atoms with van der Waals surface area (Å²) < 4.78 is 0. The maximum Gasteiger partial charge on any atom is 0.100 e. The van der Waals surface area contributed by atoms with E-state index in [1.807, 2.05) is 36.4 Å². The van der Waals surface area contributed by atoms with Gasteiger partial charge in [0, 0.05) is 0 Å². The summed E-state index contributed by atoms with van der Waals surface area (Å²) in [6.07, 6.45) is 14.4. The zero-order valence-electron chi connectivity index (χ0n) is 15.7. The molecular weight excluding hydrogens is 292 g/mol. The van der Waals surface area contributed by atoms with Crippen molar-refractivity contribution in [1.82, 2.24) is 0 Å². The highest BCUT2D eigenvalue weighted by Gasteiger charge is 2.21. The second-order valence-corrected chi connectivity index (χ2v) is 6.73. The number of allylic oxidation sites excluding steroid dienone is 2. The van der Waals surface area contributed by atoms with Gasteiger partial charge in [-0.1, -0.05) is 88.4 Å². The molecule has 2 unspecified atom stereocenters. The van der Waals surface area contributed by atoms with Crippen LogP contribution in [-0.4, -0.2) is 5.11 Å². The van der Waals surface area contributed by atoms with Gasteiger partial charge in [-0.3, -0.25) is 0 Å². The minimum atomic E-state index is -0.487. The van der Waals surface area contributed by atoms with Gasteiger partial charge in [-0.25, -0.2) is 0 Å². The molecule has 1 aromatic carbocycles. The van der Waals surface area contributed by atoms with Crippen molar-refractivity contribution >= 4 is 0 Å². The first kappa shape index (κ1) is 20.7. The number of benzene rings is 1. The van der Waals surface area contributed by atoms with E-state index in [0.717, 1.165) is 24.8 Å². The molecule has 1 N–H and O–H groups in total. The molecular formula is C23H36O. The van der Waals surface area contributed by atoms with E-state index in [-0.39, 0.29) is 0 Å². The van der Waals surface area contributed by atoms with Crippen LogP contribution in [0.3, 0.4) is 0 Å². The average Bonchev–Trinajstić information content (AvgIpc) is 2.62. The Morgan fingerprint density at radius 3 is 2.33 bits per heavy atom. The van der Waals surface area contributed by atoms with Gasteiger partial charge in [0.2, 0.25) is 0 Å². The molecule has 1 rings (SSSR count). The Labute approximate surface area is 149 Å². The molecule has 0 saturated carbocycles. The lowest BCUT2D eigenvalue weighted by Crippen LogP contribution is -2.12. The number of hydrogen-bond donors (Lipinski definition) is 1. The van der Waals surface area contributed by atoms with Crippen LogP contribution in [0.4, 0.5) is 0 Å². The van der Waals surface area contributed by atoms with Crippen LogP contribution < -0.4 is 0 Å². The molecule has 0 aliphatic rings. The lowest BCUT2D eigenvalue weighted by Gasteiger charge is -2.24. The molecule has 0 aliphatic carbocycles. The van der Waals surface area contributed by atoms with Crippen molar-refractivity contribution in [1.29, 1.82) is 0 Å². The van der Waals surface area contributed by atoms with Crippen LogP contribution in [0.25, 0.3) is 0 Å². The Morgan fingerprint density at radius 1 is 1.04 bits per heavy atom. The molecule has 0 fully saturated rings. The van der Waals surface area contributed by atoms with Gasteiger partial charge in [-0.05, 0) is 42.7 Å². The third-order valence-corrected chi connectivity index (χ3v) is 4.70. The first-order valence-electron chi connectivity index (χ1n) is 9.78. The van der Waals surface area contributed by atoms with Gasteiger partial charge in [0.15, 0.2) is 0 Å². The van der Waals surface area contributed by atoms with Crippen LogP contribution in [0.1, 0.15) is 83.3 Å². The largest absolute Gasteiger partial charge is 0.384 e. The van der Waals surface area contributed by atoms with E-state index in [4.69, 9.17) is 0 Å². The van der Waals surface area contributed by atoms with E-state index in [1.54, 1.807) is 0 Å². The van der Waals surface area contributed by atoms with Gasteiger partial charge in [0.25, 0.3) is 0 Å². The molecule has 0 bridgehead atoms. The van der Waals surface area contributed by atoms with Crippen LogP contribution in [0, 0.1) is 5.92 Å². The Bertz CT molecular complexity index is 460. The monoisotopic (exact) mass is 328 g/mol. The van der Waals surface area contributed by atoms with Crippen molar-refractivity contribution in [2.75, 3.05) is 0 Å². The molecule has 1 nitrogen and oxygen atoms in total. The highest BCUT2D eigenvalue weighted by Crippen LogP contribution is 2.33. The summed E-state index contributed by atoms with van der Waals surface area (Å²) in [5.74, 6) is 0.408. The fourth-order valence-electron chi connectivity index (χ4n) is 3.25. The van der Waals surface area contributed by atoms with Gasteiger partial charge in [0.05, 0.1) is 0 Å². The highest BCUT2D eigenvalue weighted by molar-refractivity contribution is 5.27. The second-order valence-electron chi connectivity index (χ2n) is 6.73. The van der Waals surface area contributed by atoms with Gasteiger partial charge in [-0.2, -0.15) is 0 Å². The molecule has 0 saturated heterocycles. The quantitative estimate of drug-likeness (QED) is 0.305. The number of aliphatic hydroxyl groups excluding tert-OH is 1. The Morgan fingerprint density at radius 2 is 1.71 bits per heavy atom. The van der Waals surface area contributed by atoms with Crippen molar-refractivity contribution in [3.8, 4) is 0 Å². The van der Waals surface area contributed by atoms with Crippen molar-refractivity contribution < 1.29 is 5.11 Å². The zero-order chi connectivity index (χ0) is 17.6. The third kappa shape index (κ3) is 7.49. The van der Waals surface area contributed by atoms with Crippen LogP contribution in [0.2, 0.25) is 0 Å². The number of rotatable bonds is 13. The predicted molar refractivity (Wildman–Crippen MR) is 106 cm³/mol. The summed E-state index contributed by atoms with van der Waals surface area (Å²) in [5.41, 5.74) is 2.21. The topological polar surface area (TPSA) is 20.2 Å². The van der Waals surface area contributed by atoms with Crippen LogP contribution in [0.15, 0.2) is 54.6 Å². The Hall–Kier alpha value is -1.34. The van der Waals surface area contributed by atoms with E-state index in [0.29, 0.717) is 5.92 Å². The van der Waals surface area contributed by atoms with Gasteiger partial charge >= 0.3 is 0 Å². The summed E-state index contributed by atoms with van der Waals surface area (Å²) >= 11 is 0. The molecule has 2 atom stereocenters. The predicted octanol–water partition coefficient (Wildman–Crippen LogP) is 7.00. The summed E-state index contributed by atoms with van der Waals surface area (Å²) in [7, 11) is 0. The maximum absolute atomic E-state index is 11.0. The number of aliphatic hydroxyl groups is 1. The fourth-order valence-corrected chi connectivity index (χ4v) is 3.25. The third-order valence-electron chi connectivity index (χ3n) is 4.70. The zero-order valence-corrected chi connectivity index (χ0v) is 15.7. The minimum Gasteiger partial charge on any atom is -0.384 e. The highest BCUT2D eigenvalue weighted by atomic mass is 16.3. The second kappa shape index (κ2) is 13.0. The molecule has 0 heterocycles. The molecule has 0 aliphatic heterocycles. The minimum absolute atomic E-state index is 0.408. The van der Waals surface area contributed by atoms with Crippen molar-refractivity contribution in [3.05, 3.63) is 60.2 Å². The van der Waals surface area contributed by atoms with Crippen molar-refractivity contribution in [2.24, 2.45) is 5.92 Å². The summed E-state index contributed by atoms with van der Waals surface area (Å²) in [5, 5.41) is 11.0. The molecule has 1 aromatic rings. The standard InChI is InChI=1S/C23H36O/c1-4-7-9-14-19-22(20(15-6-3)16-11-8-5-2)23(24)21-17-12-10-13-18-21/h6,10,12-13,17-20,23-24H,3-5,7-9,11,14-16H2,1-2H3/b22-19+. The van der Waals surface area contributed by atoms with Gasteiger partial charge in [0.1, 0.15) is 6.10 Å². The lowest BCUT2D eigenvalue weighted by atomic mass is 9.84. The summed E-state index contributed by atoms with van der Waals surface area (Å²) in [6, 6.07) is 10.1. The molecule has 0 amide bonds. The van der Waals surface area contributed by atoms with Crippen LogP contribution >= 0.6 is 0 Å². The molecule has 0 spiro atoms.